The topological polar surface area (TPSA) is 55.1 Å². The molecular formula is C13H17IN2O. The molecule has 0 saturated heterocycles. The summed E-state index contributed by atoms with van der Waals surface area (Å²) in [5, 5.41) is 3.04. The van der Waals surface area contributed by atoms with E-state index in [0.29, 0.717) is 12.5 Å². The van der Waals surface area contributed by atoms with Crippen LogP contribution in [0.2, 0.25) is 0 Å². The molecule has 0 heterocycles. The third-order valence-electron chi connectivity index (χ3n) is 3.13. The fourth-order valence-corrected chi connectivity index (χ4v) is 2.51. The Morgan fingerprint density at radius 1 is 1.59 bits per heavy atom. The van der Waals surface area contributed by atoms with Crippen molar-refractivity contribution in [2.24, 2.45) is 11.7 Å². The highest BCUT2D eigenvalue weighted by molar-refractivity contribution is 14.1. The van der Waals surface area contributed by atoms with Crippen LogP contribution in [0.15, 0.2) is 18.2 Å². The minimum Gasteiger partial charge on any atom is -0.348 e. The maximum absolute atomic E-state index is 12.1. The summed E-state index contributed by atoms with van der Waals surface area (Å²) in [4.78, 5) is 12.1. The summed E-state index contributed by atoms with van der Waals surface area (Å²) in [7, 11) is 0. The molecule has 1 aliphatic carbocycles. The lowest BCUT2D eigenvalue weighted by molar-refractivity contribution is 0.0932. The Balaban J connectivity index is 2.10. The smallest absolute Gasteiger partial charge is 0.252 e. The monoisotopic (exact) mass is 344 g/mol. The highest BCUT2D eigenvalue weighted by atomic mass is 127. The van der Waals surface area contributed by atoms with E-state index in [4.69, 9.17) is 5.73 Å². The van der Waals surface area contributed by atoms with Crippen LogP contribution in [0.4, 0.5) is 0 Å². The Bertz CT molecular complexity index is 429. The van der Waals surface area contributed by atoms with Crippen LogP contribution in [-0.4, -0.2) is 18.5 Å². The van der Waals surface area contributed by atoms with Crippen LogP contribution in [0, 0.1) is 16.4 Å². The second-order valence-electron chi connectivity index (χ2n) is 4.64. The molecule has 92 valence electrons. The molecule has 3 N–H and O–H groups in total. The molecule has 1 amide bonds. The van der Waals surface area contributed by atoms with Gasteiger partial charge in [0, 0.05) is 16.2 Å². The van der Waals surface area contributed by atoms with Crippen LogP contribution in [0.5, 0.6) is 0 Å². The van der Waals surface area contributed by atoms with Gasteiger partial charge in [0.15, 0.2) is 0 Å². The first-order valence-corrected chi connectivity index (χ1v) is 6.96. The summed E-state index contributed by atoms with van der Waals surface area (Å²) in [5.74, 6) is 0.590. The molecule has 3 nitrogen and oxygen atoms in total. The summed E-state index contributed by atoms with van der Waals surface area (Å²) in [5.41, 5.74) is 7.55. The van der Waals surface area contributed by atoms with Crippen molar-refractivity contribution in [3.63, 3.8) is 0 Å². The molecule has 1 unspecified atom stereocenters. The van der Waals surface area contributed by atoms with Crippen molar-refractivity contribution in [1.29, 1.82) is 0 Å². The maximum atomic E-state index is 12.1. The van der Waals surface area contributed by atoms with Crippen LogP contribution in [0.25, 0.3) is 0 Å². The molecule has 1 aliphatic rings. The maximum Gasteiger partial charge on any atom is 0.252 e. The number of halogens is 1. The SMILES string of the molecule is Cc1ccc(I)c(C(=O)NC(CN)C2CC2)c1. The van der Waals surface area contributed by atoms with Gasteiger partial charge in [-0.15, -0.1) is 0 Å². The first kappa shape index (κ1) is 12.8. The van der Waals surface area contributed by atoms with Gasteiger partial charge in [0.05, 0.1) is 5.56 Å². The molecule has 17 heavy (non-hydrogen) atoms. The van der Waals surface area contributed by atoms with E-state index >= 15 is 0 Å². The van der Waals surface area contributed by atoms with E-state index in [2.05, 4.69) is 27.9 Å². The van der Waals surface area contributed by atoms with Crippen LogP contribution in [-0.2, 0) is 0 Å². The van der Waals surface area contributed by atoms with Gasteiger partial charge in [0.25, 0.3) is 5.91 Å². The van der Waals surface area contributed by atoms with Crippen LogP contribution < -0.4 is 11.1 Å². The van der Waals surface area contributed by atoms with E-state index in [1.807, 2.05) is 25.1 Å². The number of carbonyl (C=O) groups is 1. The van der Waals surface area contributed by atoms with Crippen LogP contribution in [0.3, 0.4) is 0 Å². The number of nitrogens with one attached hydrogen (secondary N) is 1. The molecule has 0 bridgehead atoms. The lowest BCUT2D eigenvalue weighted by atomic mass is 10.1. The van der Waals surface area contributed by atoms with Gasteiger partial charge in [-0.3, -0.25) is 4.79 Å². The van der Waals surface area contributed by atoms with Crippen molar-refractivity contribution < 1.29 is 4.79 Å². The highest BCUT2D eigenvalue weighted by Crippen LogP contribution is 2.32. The molecule has 1 fully saturated rings. The van der Waals surface area contributed by atoms with Crippen molar-refractivity contribution in [3.8, 4) is 0 Å². The Kier molecular flexibility index (Phi) is 4.04. The zero-order chi connectivity index (χ0) is 12.4. The van der Waals surface area contributed by atoms with Gasteiger partial charge in [-0.2, -0.15) is 0 Å². The van der Waals surface area contributed by atoms with E-state index in [1.54, 1.807) is 0 Å². The molecule has 1 aromatic rings. The Morgan fingerprint density at radius 2 is 2.29 bits per heavy atom. The fraction of sp³-hybridized carbons (Fsp3) is 0.462. The number of rotatable bonds is 4. The van der Waals surface area contributed by atoms with E-state index < -0.39 is 0 Å². The number of hydrogen-bond acceptors (Lipinski definition) is 2. The van der Waals surface area contributed by atoms with E-state index in [0.717, 1.165) is 14.7 Å². The number of nitrogens with two attached hydrogens (primary N) is 1. The van der Waals surface area contributed by atoms with Gasteiger partial charge >= 0.3 is 0 Å². The van der Waals surface area contributed by atoms with E-state index in [-0.39, 0.29) is 11.9 Å². The average Bonchev–Trinajstić information content (AvgIpc) is 3.13. The van der Waals surface area contributed by atoms with Gasteiger partial charge < -0.3 is 11.1 Å². The first-order chi connectivity index (χ1) is 8.11. The van der Waals surface area contributed by atoms with Gasteiger partial charge in [0.1, 0.15) is 0 Å². The van der Waals surface area contributed by atoms with Crippen LogP contribution >= 0.6 is 22.6 Å². The Labute approximate surface area is 115 Å². The van der Waals surface area contributed by atoms with Gasteiger partial charge in [-0.05, 0) is 60.4 Å². The third-order valence-corrected chi connectivity index (χ3v) is 4.07. The predicted octanol–water partition coefficient (Wildman–Crippen LogP) is 2.07. The van der Waals surface area contributed by atoms with Crippen molar-refractivity contribution in [1.82, 2.24) is 5.32 Å². The molecule has 0 aromatic heterocycles. The quantitative estimate of drug-likeness (QED) is 0.822. The number of aryl methyl sites for hydroxylation is 1. The molecule has 0 radical (unpaired) electrons. The molecule has 1 atom stereocenters. The van der Waals surface area contributed by atoms with Gasteiger partial charge in [-0.1, -0.05) is 11.6 Å². The molecule has 1 aromatic carbocycles. The van der Waals surface area contributed by atoms with Crippen molar-refractivity contribution >= 4 is 28.5 Å². The minimum absolute atomic E-state index is 0.000417. The average molecular weight is 344 g/mol. The molecule has 1 saturated carbocycles. The van der Waals surface area contributed by atoms with Gasteiger partial charge in [-0.25, -0.2) is 0 Å². The second kappa shape index (κ2) is 5.35. The Morgan fingerprint density at radius 3 is 2.88 bits per heavy atom. The first-order valence-electron chi connectivity index (χ1n) is 5.89. The largest absolute Gasteiger partial charge is 0.348 e. The van der Waals surface area contributed by atoms with Crippen molar-refractivity contribution in [2.75, 3.05) is 6.54 Å². The third kappa shape index (κ3) is 3.19. The number of benzene rings is 1. The normalized spacial score (nSPS) is 16.6. The lowest BCUT2D eigenvalue weighted by Crippen LogP contribution is -2.42. The number of amides is 1. The fourth-order valence-electron chi connectivity index (χ4n) is 1.93. The summed E-state index contributed by atoms with van der Waals surface area (Å²) in [6, 6.07) is 6.05. The molecule has 0 spiro atoms. The zero-order valence-corrected chi connectivity index (χ0v) is 12.0. The number of carbonyl (C=O) groups excluding carboxylic acids is 1. The Hall–Kier alpha value is -0.620. The van der Waals surface area contributed by atoms with Crippen molar-refractivity contribution in [3.05, 3.63) is 32.9 Å². The summed E-state index contributed by atoms with van der Waals surface area (Å²) >= 11 is 2.19. The minimum atomic E-state index is 0.000417. The van der Waals surface area contributed by atoms with E-state index in [9.17, 15) is 4.79 Å². The summed E-state index contributed by atoms with van der Waals surface area (Å²) in [6.45, 7) is 2.52. The van der Waals surface area contributed by atoms with Crippen molar-refractivity contribution in [2.45, 2.75) is 25.8 Å². The van der Waals surface area contributed by atoms with Gasteiger partial charge in [0.2, 0.25) is 0 Å². The van der Waals surface area contributed by atoms with Crippen LogP contribution in [0.1, 0.15) is 28.8 Å². The second-order valence-corrected chi connectivity index (χ2v) is 5.80. The summed E-state index contributed by atoms with van der Waals surface area (Å²) < 4.78 is 0.984. The standard InChI is InChI=1S/C13H17IN2O/c1-8-2-5-11(14)10(6-8)13(17)16-12(7-15)9-3-4-9/h2,5-6,9,12H,3-4,7,15H2,1H3,(H,16,17). The van der Waals surface area contributed by atoms with E-state index in [1.165, 1.54) is 12.8 Å². The molecule has 4 heteroatoms. The zero-order valence-electron chi connectivity index (χ0n) is 9.87. The number of hydrogen-bond donors (Lipinski definition) is 2. The predicted molar refractivity (Wildman–Crippen MR) is 76.9 cm³/mol. The lowest BCUT2D eigenvalue weighted by Gasteiger charge is -2.16. The molecular weight excluding hydrogens is 327 g/mol. The summed E-state index contributed by atoms with van der Waals surface area (Å²) in [6.07, 6.45) is 2.38. The highest BCUT2D eigenvalue weighted by Gasteiger charge is 2.31. The molecule has 2 rings (SSSR count). The molecule has 0 aliphatic heterocycles.